The fourth-order valence-electron chi connectivity index (χ4n) is 4.72. The first kappa shape index (κ1) is 34.9. The lowest BCUT2D eigenvalue weighted by atomic mass is 9.82. The number of hydrogen-bond acceptors (Lipinski definition) is 15. The highest BCUT2D eigenvalue weighted by Gasteiger charge is 2.36. The number of fused-ring (bicyclic) bond motifs is 2. The van der Waals surface area contributed by atoms with Crippen LogP contribution >= 0.6 is 11.6 Å². The van der Waals surface area contributed by atoms with E-state index in [1.807, 2.05) is 0 Å². The van der Waals surface area contributed by atoms with Crippen LogP contribution in [0.3, 0.4) is 0 Å². The third-order valence-electron chi connectivity index (χ3n) is 6.82. The molecule has 3 aromatic rings. The molecule has 0 bridgehead atoms. The average Bonchev–Trinajstić information content (AvgIpc) is 3.01. The van der Waals surface area contributed by atoms with E-state index < -0.39 is 58.8 Å². The molecule has 7 N–H and O–H groups in total. The van der Waals surface area contributed by atoms with Crippen LogP contribution in [0.1, 0.15) is 38.8 Å². The molecule has 49 heavy (non-hydrogen) atoms. The van der Waals surface area contributed by atoms with Gasteiger partial charge in [-0.3, -0.25) is 29.5 Å². The summed E-state index contributed by atoms with van der Waals surface area (Å²) in [4.78, 5) is 37.1. The number of ether oxygens (including phenoxy) is 2. The van der Waals surface area contributed by atoms with E-state index in [2.05, 4.69) is 27.8 Å². The zero-order valence-electron chi connectivity index (χ0n) is 25.1. The molecule has 17 nitrogen and oxygen atoms in total. The van der Waals surface area contributed by atoms with Crippen LogP contribution in [-0.4, -0.2) is 67.8 Å². The topological polar surface area (TPSA) is 256 Å². The molecular weight excluding hydrogens is 708 g/mol. The summed E-state index contributed by atoms with van der Waals surface area (Å²) in [5, 5.41) is 7.60. The number of halogens is 1. The van der Waals surface area contributed by atoms with Gasteiger partial charge in [-0.2, -0.15) is 16.8 Å². The van der Waals surface area contributed by atoms with Crippen molar-refractivity contribution in [2.45, 2.75) is 16.7 Å². The van der Waals surface area contributed by atoms with E-state index >= 15 is 0 Å². The number of hydrazone groups is 1. The van der Waals surface area contributed by atoms with E-state index in [4.69, 9.17) is 26.8 Å². The number of ketones is 2. The number of nitrogens with zero attached hydrogens (tertiary/aromatic N) is 2. The molecule has 20 heteroatoms. The molecule has 1 aliphatic heterocycles. The Morgan fingerprint density at radius 3 is 2.22 bits per heavy atom. The monoisotopic (exact) mass is 732 g/mol. The van der Waals surface area contributed by atoms with E-state index in [0.717, 1.165) is 29.5 Å². The number of esters is 1. The Morgan fingerprint density at radius 2 is 1.61 bits per heavy atom. The second-order valence-corrected chi connectivity index (χ2v) is 13.5. The third-order valence-corrected chi connectivity index (χ3v) is 8.82. The van der Waals surface area contributed by atoms with E-state index in [1.54, 1.807) is 0 Å². The summed E-state index contributed by atoms with van der Waals surface area (Å²) >= 11 is 6.13. The molecule has 1 aliphatic carbocycles. The van der Waals surface area contributed by atoms with Crippen molar-refractivity contribution in [2.75, 3.05) is 29.7 Å². The minimum absolute atomic E-state index is 0.0112. The first-order valence-electron chi connectivity index (χ1n) is 13.7. The van der Waals surface area contributed by atoms with Gasteiger partial charge in [0.05, 0.1) is 28.2 Å². The van der Waals surface area contributed by atoms with Gasteiger partial charge in [0.25, 0.3) is 20.2 Å². The summed E-state index contributed by atoms with van der Waals surface area (Å²) in [5.41, 5.74) is 9.27. The molecule has 256 valence electrons. The van der Waals surface area contributed by atoms with Crippen LogP contribution in [0.25, 0.3) is 0 Å². The summed E-state index contributed by atoms with van der Waals surface area (Å²) < 4.78 is 79.3. The molecule has 1 heterocycles. The Labute approximate surface area is 283 Å². The molecule has 0 amide bonds. The number of nitrogen functional groups attached to an aromatic ring is 1. The number of hydrogen-bond donors (Lipinski definition) is 6. The highest BCUT2D eigenvalue weighted by molar-refractivity contribution is 7.86. The maximum atomic E-state index is 13.6. The van der Waals surface area contributed by atoms with Crippen molar-refractivity contribution in [3.63, 3.8) is 0 Å². The minimum Gasteiger partial charge on any atom is -0.473 e. The normalized spacial score (nSPS) is 14.1. The molecule has 0 aromatic heterocycles. The number of hydrazine groups is 2. The van der Waals surface area contributed by atoms with Crippen molar-refractivity contribution in [1.29, 1.82) is 0 Å². The first-order chi connectivity index (χ1) is 23.0. The zero-order valence-corrected chi connectivity index (χ0v) is 27.4. The highest BCUT2D eigenvalue weighted by Crippen LogP contribution is 2.40. The van der Waals surface area contributed by atoms with Gasteiger partial charge in [0.2, 0.25) is 5.90 Å². The Kier molecular flexibility index (Phi) is 9.39. The van der Waals surface area contributed by atoms with Gasteiger partial charge in [-0.15, -0.1) is 5.23 Å². The molecule has 0 atom stereocenters. The lowest BCUT2D eigenvalue weighted by Gasteiger charge is -2.26. The summed E-state index contributed by atoms with van der Waals surface area (Å²) in [6.07, 6.45) is 1.26. The van der Waals surface area contributed by atoms with Crippen LogP contribution in [-0.2, 0) is 34.5 Å². The SMILES string of the molecule is C=C(C)C(=O)OCCOC1=NN(Nc2cc(Nc3cc(S(=O)(=O)O)c(N)c4c3C(=O)c3ccccc3C4=O)ccc2S(=O)(=O)O)NC(Cl)=C1. The minimum atomic E-state index is -5.02. The average molecular weight is 733 g/mol. The Balaban J connectivity index is 1.51. The van der Waals surface area contributed by atoms with Crippen LogP contribution in [0.2, 0.25) is 0 Å². The van der Waals surface area contributed by atoms with Gasteiger partial charge in [0, 0.05) is 28.5 Å². The smallest absolute Gasteiger partial charge is 0.333 e. The van der Waals surface area contributed by atoms with Gasteiger partial charge in [0.1, 0.15) is 28.2 Å². The Hall–Kier alpha value is -5.47. The Morgan fingerprint density at radius 1 is 0.980 bits per heavy atom. The van der Waals surface area contributed by atoms with E-state index in [0.29, 0.717) is 0 Å². The maximum absolute atomic E-state index is 13.6. The summed E-state index contributed by atoms with van der Waals surface area (Å²) in [7, 11) is -9.91. The molecule has 0 spiro atoms. The van der Waals surface area contributed by atoms with Gasteiger partial charge in [-0.25, -0.2) is 4.79 Å². The molecule has 0 saturated heterocycles. The number of nitrogens with one attached hydrogen (secondary N) is 3. The van der Waals surface area contributed by atoms with Gasteiger partial charge in [0.15, 0.2) is 11.6 Å². The summed E-state index contributed by atoms with van der Waals surface area (Å²) in [6, 6.07) is 9.90. The van der Waals surface area contributed by atoms with Crippen molar-refractivity contribution >= 4 is 78.0 Å². The molecule has 0 fully saturated rings. The zero-order chi connectivity index (χ0) is 35.8. The number of carbonyl (C=O) groups is 3. The van der Waals surface area contributed by atoms with Crippen molar-refractivity contribution in [1.82, 2.24) is 10.7 Å². The molecule has 5 rings (SSSR count). The van der Waals surface area contributed by atoms with E-state index in [-0.39, 0.29) is 63.6 Å². The second kappa shape index (κ2) is 13.2. The standard InChI is InChI=1S/C29H25ClN6O11S2/c1-14(2)29(39)47-10-9-46-23-13-22(30)34-36(35-23)33-18-11-15(7-8-20(18)48(40,41)42)32-19-12-21(49(43,44)45)26(31)25-24(19)27(37)16-5-3-4-6-17(16)28(25)38/h3-8,11-13,32-34H,1,9-10,31H2,2H3,(H,40,41,42)(H,43,44,45). The summed E-state index contributed by atoms with van der Waals surface area (Å²) in [6.45, 7) is 4.63. The molecule has 2 aliphatic rings. The first-order valence-corrected chi connectivity index (χ1v) is 17.0. The Bertz CT molecular complexity index is 2240. The maximum Gasteiger partial charge on any atom is 0.333 e. The van der Waals surface area contributed by atoms with Gasteiger partial charge in [-0.05, 0) is 31.2 Å². The van der Waals surface area contributed by atoms with Crippen LogP contribution in [0.4, 0.5) is 22.7 Å². The number of rotatable bonds is 10. The molecule has 3 aromatic carbocycles. The van der Waals surface area contributed by atoms with Gasteiger partial charge in [-0.1, -0.05) is 47.5 Å². The molecular formula is C29H25ClN6O11S2. The van der Waals surface area contributed by atoms with Gasteiger partial charge >= 0.3 is 5.97 Å². The molecule has 0 saturated carbocycles. The van der Waals surface area contributed by atoms with Crippen molar-refractivity contribution in [3.8, 4) is 0 Å². The summed E-state index contributed by atoms with van der Waals surface area (Å²) in [5.74, 6) is -2.20. The highest BCUT2D eigenvalue weighted by atomic mass is 35.5. The lowest BCUT2D eigenvalue weighted by molar-refractivity contribution is -0.139. The number of carbonyl (C=O) groups excluding carboxylic acids is 3. The number of benzene rings is 3. The van der Waals surface area contributed by atoms with Crippen molar-refractivity contribution < 1.29 is 49.8 Å². The quantitative estimate of drug-likeness (QED) is 0.0342. The third kappa shape index (κ3) is 7.34. The molecule has 0 unspecified atom stereocenters. The predicted octanol–water partition coefficient (Wildman–Crippen LogP) is 2.96. The number of nitrogens with two attached hydrogens (primary N) is 1. The second-order valence-electron chi connectivity index (χ2n) is 10.3. The van der Waals surface area contributed by atoms with Gasteiger partial charge < -0.3 is 20.5 Å². The fourth-order valence-corrected chi connectivity index (χ4v) is 6.16. The number of anilines is 4. The van der Waals surface area contributed by atoms with Crippen molar-refractivity contribution in [2.24, 2.45) is 5.10 Å². The lowest BCUT2D eigenvalue weighted by Crippen LogP contribution is -2.40. The largest absolute Gasteiger partial charge is 0.473 e. The molecule has 0 radical (unpaired) electrons. The predicted molar refractivity (Wildman–Crippen MR) is 175 cm³/mol. The van der Waals surface area contributed by atoms with Crippen LogP contribution < -0.4 is 21.9 Å². The van der Waals surface area contributed by atoms with Crippen LogP contribution in [0, 0.1) is 0 Å². The van der Waals surface area contributed by atoms with Crippen molar-refractivity contribution in [3.05, 3.63) is 94.2 Å². The van der Waals surface area contributed by atoms with E-state index in [1.165, 1.54) is 37.3 Å². The van der Waals surface area contributed by atoms with Crippen LogP contribution in [0.15, 0.2) is 86.8 Å². The van der Waals surface area contributed by atoms with Crippen LogP contribution in [0.5, 0.6) is 0 Å². The van der Waals surface area contributed by atoms with E-state index in [9.17, 15) is 40.3 Å². The fraction of sp³-hybridized carbons (Fsp3) is 0.103.